The number of carbonyl (C=O) groups excluding carboxylic acids is 1. The van der Waals surface area contributed by atoms with Gasteiger partial charge in [-0.2, -0.15) is 0 Å². The summed E-state index contributed by atoms with van der Waals surface area (Å²) in [5.74, 6) is 0.709. The number of benzene rings is 1. The average Bonchev–Trinajstić information content (AvgIpc) is 2.40. The second-order valence-electron chi connectivity index (χ2n) is 6.46. The van der Waals surface area contributed by atoms with Crippen LogP contribution in [0.25, 0.3) is 0 Å². The fraction of sp³-hybridized carbons (Fsp3) is 0.611. The van der Waals surface area contributed by atoms with Crippen molar-refractivity contribution in [2.75, 3.05) is 19.6 Å². The van der Waals surface area contributed by atoms with Crippen LogP contribution in [-0.2, 0) is 0 Å². The van der Waals surface area contributed by atoms with Gasteiger partial charge in [-0.3, -0.25) is 4.79 Å². The highest BCUT2D eigenvalue weighted by Crippen LogP contribution is 2.23. The smallest absolute Gasteiger partial charge is 0.254 e. The Balaban J connectivity index is 2.15. The van der Waals surface area contributed by atoms with Crippen LogP contribution in [0.5, 0.6) is 0 Å². The van der Waals surface area contributed by atoms with Gasteiger partial charge in [-0.15, -0.1) is 0 Å². The third kappa shape index (κ3) is 3.46. The largest absolute Gasteiger partial charge is 0.338 e. The third-order valence-corrected chi connectivity index (χ3v) is 4.55. The first-order chi connectivity index (χ1) is 9.93. The van der Waals surface area contributed by atoms with Gasteiger partial charge in [0, 0.05) is 24.7 Å². The van der Waals surface area contributed by atoms with Gasteiger partial charge in [0.1, 0.15) is 0 Å². The molecule has 0 spiro atoms. The molecule has 1 N–H and O–H groups in total. The first-order valence-electron chi connectivity index (χ1n) is 8.04. The van der Waals surface area contributed by atoms with Crippen LogP contribution in [0.3, 0.4) is 0 Å². The van der Waals surface area contributed by atoms with Gasteiger partial charge in [0.25, 0.3) is 5.91 Å². The predicted octanol–water partition coefficient (Wildman–Crippen LogP) is 3.07. The molecule has 1 fully saturated rings. The molecule has 2 atom stereocenters. The van der Waals surface area contributed by atoms with Crippen molar-refractivity contribution in [2.24, 2.45) is 5.92 Å². The van der Waals surface area contributed by atoms with Gasteiger partial charge in [-0.1, -0.05) is 31.5 Å². The lowest BCUT2D eigenvalue weighted by Crippen LogP contribution is -2.50. The number of carbonyl (C=O) groups is 1. The molecule has 3 nitrogen and oxygen atoms in total. The molecule has 1 aliphatic heterocycles. The Hall–Kier alpha value is -1.35. The van der Waals surface area contributed by atoms with E-state index in [1.165, 1.54) is 5.56 Å². The summed E-state index contributed by atoms with van der Waals surface area (Å²) in [6, 6.07) is 4.75. The maximum absolute atomic E-state index is 12.9. The van der Waals surface area contributed by atoms with Crippen molar-refractivity contribution < 1.29 is 4.79 Å². The number of hydrogen-bond donors (Lipinski definition) is 1. The monoisotopic (exact) mass is 288 g/mol. The van der Waals surface area contributed by atoms with E-state index in [-0.39, 0.29) is 5.91 Å². The van der Waals surface area contributed by atoms with Crippen molar-refractivity contribution in [1.29, 1.82) is 0 Å². The van der Waals surface area contributed by atoms with E-state index in [1.54, 1.807) is 0 Å². The number of nitrogens with one attached hydrogen (secondary N) is 1. The van der Waals surface area contributed by atoms with Crippen LogP contribution >= 0.6 is 0 Å². The van der Waals surface area contributed by atoms with E-state index in [9.17, 15) is 4.79 Å². The summed E-state index contributed by atoms with van der Waals surface area (Å²) >= 11 is 0. The van der Waals surface area contributed by atoms with E-state index in [0.29, 0.717) is 12.0 Å². The van der Waals surface area contributed by atoms with Crippen LogP contribution in [0, 0.1) is 26.7 Å². The van der Waals surface area contributed by atoms with Gasteiger partial charge in [0.15, 0.2) is 0 Å². The Bertz CT molecular complexity index is 501. The van der Waals surface area contributed by atoms with Crippen molar-refractivity contribution in [2.45, 2.75) is 47.1 Å². The zero-order valence-corrected chi connectivity index (χ0v) is 14.0. The number of piperidine rings is 1. The molecule has 0 saturated carbocycles. The lowest BCUT2D eigenvalue weighted by atomic mass is 9.92. The van der Waals surface area contributed by atoms with Crippen LogP contribution < -0.4 is 5.32 Å². The van der Waals surface area contributed by atoms with E-state index >= 15 is 0 Å². The number of likely N-dealkylation sites (tertiary alicyclic amines) is 1. The molecule has 2 unspecified atom stereocenters. The van der Waals surface area contributed by atoms with Crippen molar-refractivity contribution in [3.05, 3.63) is 34.4 Å². The molecule has 1 heterocycles. The maximum Gasteiger partial charge on any atom is 0.254 e. The highest BCUT2D eigenvalue weighted by Gasteiger charge is 2.29. The first kappa shape index (κ1) is 16.0. The van der Waals surface area contributed by atoms with Gasteiger partial charge < -0.3 is 10.2 Å². The number of aryl methyl sites for hydroxylation is 3. The summed E-state index contributed by atoms with van der Waals surface area (Å²) in [5.41, 5.74) is 4.31. The van der Waals surface area contributed by atoms with Crippen LogP contribution in [0.1, 0.15) is 47.3 Å². The molecular weight excluding hydrogens is 260 g/mol. The molecule has 2 rings (SSSR count). The van der Waals surface area contributed by atoms with E-state index in [1.807, 2.05) is 18.7 Å². The molecular formula is C18H28N2O. The van der Waals surface area contributed by atoms with Crippen LogP contribution in [0.4, 0.5) is 0 Å². The highest BCUT2D eigenvalue weighted by molar-refractivity contribution is 5.97. The van der Waals surface area contributed by atoms with Crippen LogP contribution in [0.15, 0.2) is 12.1 Å². The van der Waals surface area contributed by atoms with Crippen molar-refractivity contribution >= 4 is 5.91 Å². The normalized spacial score (nSPS) is 22.4. The Morgan fingerprint density at radius 1 is 1.29 bits per heavy atom. The highest BCUT2D eigenvalue weighted by atomic mass is 16.2. The topological polar surface area (TPSA) is 32.3 Å². The van der Waals surface area contributed by atoms with Gasteiger partial charge in [0.05, 0.1) is 0 Å². The van der Waals surface area contributed by atoms with E-state index in [4.69, 9.17) is 0 Å². The predicted molar refractivity (Wildman–Crippen MR) is 87.8 cm³/mol. The van der Waals surface area contributed by atoms with E-state index in [2.05, 4.69) is 38.2 Å². The minimum atomic E-state index is 0.201. The van der Waals surface area contributed by atoms with Crippen molar-refractivity contribution in [3.8, 4) is 0 Å². The summed E-state index contributed by atoms with van der Waals surface area (Å²) in [4.78, 5) is 14.9. The molecule has 1 aromatic rings. The number of nitrogens with zero attached hydrogens (tertiary/aromatic N) is 1. The Morgan fingerprint density at radius 3 is 2.43 bits per heavy atom. The lowest BCUT2D eigenvalue weighted by Gasteiger charge is -2.37. The second kappa shape index (κ2) is 6.61. The molecule has 0 aromatic heterocycles. The van der Waals surface area contributed by atoms with Gasteiger partial charge >= 0.3 is 0 Å². The molecule has 1 amide bonds. The molecule has 3 heteroatoms. The lowest BCUT2D eigenvalue weighted by molar-refractivity contribution is 0.0644. The molecule has 21 heavy (non-hydrogen) atoms. The summed E-state index contributed by atoms with van der Waals surface area (Å²) in [5, 5.41) is 3.53. The number of amides is 1. The Labute approximate surface area is 128 Å². The SMILES string of the molecule is CCNC1CCN(C(=O)c2c(C)cc(C)cc2C)CC1C. The maximum atomic E-state index is 12.9. The average molecular weight is 288 g/mol. The molecule has 1 saturated heterocycles. The molecule has 0 bridgehead atoms. The van der Waals surface area contributed by atoms with Gasteiger partial charge in [-0.05, 0) is 50.8 Å². The quantitative estimate of drug-likeness (QED) is 0.927. The molecule has 1 aliphatic rings. The molecule has 116 valence electrons. The summed E-state index contributed by atoms with van der Waals surface area (Å²) < 4.78 is 0. The molecule has 0 aliphatic carbocycles. The van der Waals surface area contributed by atoms with Gasteiger partial charge in [0.2, 0.25) is 0 Å². The first-order valence-corrected chi connectivity index (χ1v) is 8.04. The summed E-state index contributed by atoms with van der Waals surface area (Å²) in [7, 11) is 0. The van der Waals surface area contributed by atoms with Crippen molar-refractivity contribution in [3.63, 3.8) is 0 Å². The van der Waals surface area contributed by atoms with Gasteiger partial charge in [-0.25, -0.2) is 0 Å². The minimum Gasteiger partial charge on any atom is -0.338 e. The standard InChI is InChI=1S/C18H28N2O/c1-6-19-16-7-8-20(11-15(16)5)18(21)17-13(3)9-12(2)10-14(17)4/h9-10,15-16,19H,6-8,11H2,1-5H3. The minimum absolute atomic E-state index is 0.201. The second-order valence-corrected chi connectivity index (χ2v) is 6.46. The zero-order chi connectivity index (χ0) is 15.6. The van der Waals surface area contributed by atoms with E-state index in [0.717, 1.165) is 42.7 Å². The van der Waals surface area contributed by atoms with E-state index < -0.39 is 0 Å². The summed E-state index contributed by atoms with van der Waals surface area (Å²) in [6.45, 7) is 13.3. The number of rotatable bonds is 3. The third-order valence-electron chi connectivity index (χ3n) is 4.55. The Kier molecular flexibility index (Phi) is 5.04. The summed E-state index contributed by atoms with van der Waals surface area (Å²) in [6.07, 6.45) is 1.05. The number of hydrogen-bond acceptors (Lipinski definition) is 2. The fourth-order valence-corrected chi connectivity index (χ4v) is 3.57. The molecule has 1 aromatic carbocycles. The van der Waals surface area contributed by atoms with Crippen LogP contribution in [-0.4, -0.2) is 36.5 Å². The molecule has 0 radical (unpaired) electrons. The van der Waals surface area contributed by atoms with Crippen LogP contribution in [0.2, 0.25) is 0 Å². The zero-order valence-electron chi connectivity index (χ0n) is 14.0. The van der Waals surface area contributed by atoms with Crippen molar-refractivity contribution in [1.82, 2.24) is 10.2 Å². The Morgan fingerprint density at radius 2 is 1.90 bits per heavy atom. The fourth-order valence-electron chi connectivity index (χ4n) is 3.57.